The second kappa shape index (κ2) is 6.48. The van der Waals surface area contributed by atoms with Gasteiger partial charge in [-0.1, -0.05) is 65.5 Å². The summed E-state index contributed by atoms with van der Waals surface area (Å²) in [6.07, 6.45) is 0. The molecule has 0 bridgehead atoms. The summed E-state index contributed by atoms with van der Waals surface area (Å²) in [6.45, 7) is 2.04. The van der Waals surface area contributed by atoms with Crippen LogP contribution in [0.25, 0.3) is 0 Å². The zero-order valence-electron chi connectivity index (χ0n) is 9.85. The van der Waals surface area contributed by atoms with Crippen LogP contribution in [0.2, 0.25) is 5.02 Å². The average molecular weight is 488 g/mol. The van der Waals surface area contributed by atoms with Gasteiger partial charge in [-0.3, -0.25) is 0 Å². The standard InChI is InChI=1S/C14H9Br3Cl2/c1-7-4-12(16)10(6-11(7)15)14(19)9-3-2-8(18)5-13(9)17/h2-6,14H,1H3. The van der Waals surface area contributed by atoms with Crippen LogP contribution < -0.4 is 0 Å². The molecule has 1 unspecified atom stereocenters. The van der Waals surface area contributed by atoms with Gasteiger partial charge in [-0.25, -0.2) is 0 Å². The van der Waals surface area contributed by atoms with E-state index in [1.807, 2.05) is 31.2 Å². The maximum Gasteiger partial charge on any atom is 0.0857 e. The number of rotatable bonds is 2. The lowest BCUT2D eigenvalue weighted by Crippen LogP contribution is -1.97. The number of halogens is 5. The van der Waals surface area contributed by atoms with Crippen molar-refractivity contribution in [2.24, 2.45) is 0 Å². The van der Waals surface area contributed by atoms with E-state index in [0.717, 1.165) is 30.1 Å². The first-order valence-corrected chi connectivity index (χ1v) is 8.64. The van der Waals surface area contributed by atoms with Gasteiger partial charge in [0.05, 0.1) is 5.38 Å². The molecular formula is C14H9Br3Cl2. The van der Waals surface area contributed by atoms with Gasteiger partial charge >= 0.3 is 0 Å². The van der Waals surface area contributed by atoms with E-state index < -0.39 is 0 Å². The molecule has 0 saturated heterocycles. The minimum atomic E-state index is -0.252. The summed E-state index contributed by atoms with van der Waals surface area (Å²) in [5.74, 6) is 0. The van der Waals surface area contributed by atoms with Crippen molar-refractivity contribution in [1.82, 2.24) is 0 Å². The third-order valence-corrected chi connectivity index (χ3v) is 5.72. The smallest absolute Gasteiger partial charge is 0.0857 e. The number of hydrogen-bond donors (Lipinski definition) is 0. The fourth-order valence-corrected chi connectivity index (χ4v) is 4.32. The van der Waals surface area contributed by atoms with E-state index in [0.29, 0.717) is 5.02 Å². The van der Waals surface area contributed by atoms with Crippen molar-refractivity contribution in [3.8, 4) is 0 Å². The highest BCUT2D eigenvalue weighted by atomic mass is 79.9. The van der Waals surface area contributed by atoms with Crippen LogP contribution in [-0.2, 0) is 0 Å². The average Bonchev–Trinajstić information content (AvgIpc) is 2.33. The summed E-state index contributed by atoms with van der Waals surface area (Å²) in [7, 11) is 0. The molecule has 0 aromatic heterocycles. The molecule has 100 valence electrons. The number of benzene rings is 2. The summed E-state index contributed by atoms with van der Waals surface area (Å²) in [4.78, 5) is 0. The third-order valence-electron chi connectivity index (χ3n) is 2.79. The number of aryl methyl sites for hydroxylation is 1. The maximum absolute atomic E-state index is 6.59. The highest BCUT2D eigenvalue weighted by Gasteiger charge is 2.18. The van der Waals surface area contributed by atoms with Crippen LogP contribution in [0.1, 0.15) is 22.1 Å². The minimum absolute atomic E-state index is 0.252. The molecule has 0 heterocycles. The Labute approximate surface area is 147 Å². The number of alkyl halides is 1. The Morgan fingerprint density at radius 2 is 1.53 bits per heavy atom. The van der Waals surface area contributed by atoms with Crippen LogP contribution in [0.4, 0.5) is 0 Å². The Morgan fingerprint density at radius 3 is 2.16 bits per heavy atom. The third kappa shape index (κ3) is 3.56. The van der Waals surface area contributed by atoms with Crippen LogP contribution in [0.5, 0.6) is 0 Å². The van der Waals surface area contributed by atoms with E-state index in [2.05, 4.69) is 53.9 Å². The fourth-order valence-electron chi connectivity index (χ4n) is 1.73. The molecule has 2 aromatic rings. The quantitative estimate of drug-likeness (QED) is 0.391. The van der Waals surface area contributed by atoms with Crippen LogP contribution >= 0.6 is 71.0 Å². The Morgan fingerprint density at radius 1 is 0.895 bits per heavy atom. The molecule has 0 amide bonds. The molecule has 0 aliphatic rings. The van der Waals surface area contributed by atoms with Crippen LogP contribution in [0.15, 0.2) is 43.7 Å². The van der Waals surface area contributed by atoms with Crippen molar-refractivity contribution in [3.63, 3.8) is 0 Å². The normalized spacial score (nSPS) is 12.5. The van der Waals surface area contributed by atoms with E-state index in [-0.39, 0.29) is 5.38 Å². The predicted molar refractivity (Wildman–Crippen MR) is 93.4 cm³/mol. The first-order chi connectivity index (χ1) is 8.90. The Balaban J connectivity index is 2.49. The SMILES string of the molecule is Cc1cc(Br)c(C(Cl)c2ccc(Cl)cc2Br)cc1Br. The predicted octanol–water partition coefficient (Wildman–Crippen LogP) is 7.26. The van der Waals surface area contributed by atoms with Gasteiger partial charge in [0.15, 0.2) is 0 Å². The Hall–Kier alpha value is 0.460. The van der Waals surface area contributed by atoms with Crippen LogP contribution in [0, 0.1) is 6.92 Å². The Kier molecular flexibility index (Phi) is 5.41. The molecule has 2 rings (SSSR count). The van der Waals surface area contributed by atoms with Gasteiger partial charge in [-0.2, -0.15) is 0 Å². The van der Waals surface area contributed by atoms with Gasteiger partial charge < -0.3 is 0 Å². The summed E-state index contributed by atoms with van der Waals surface area (Å²) in [5, 5.41) is 0.432. The minimum Gasteiger partial charge on any atom is -0.113 e. The zero-order chi connectivity index (χ0) is 14.2. The maximum atomic E-state index is 6.59. The summed E-state index contributed by atoms with van der Waals surface area (Å²) in [5.41, 5.74) is 3.17. The van der Waals surface area contributed by atoms with Crippen molar-refractivity contribution in [2.75, 3.05) is 0 Å². The first kappa shape index (κ1) is 15.8. The second-order valence-corrected chi connectivity index (χ2v) is 7.59. The van der Waals surface area contributed by atoms with E-state index in [1.54, 1.807) is 0 Å². The number of hydrogen-bond acceptors (Lipinski definition) is 0. The van der Waals surface area contributed by atoms with Crippen LogP contribution in [-0.4, -0.2) is 0 Å². The summed E-state index contributed by atoms with van der Waals surface area (Å²) >= 11 is 23.2. The van der Waals surface area contributed by atoms with Gasteiger partial charge in [0.1, 0.15) is 0 Å². The molecule has 0 fully saturated rings. The molecule has 2 aromatic carbocycles. The summed E-state index contributed by atoms with van der Waals surface area (Å²) < 4.78 is 2.94. The van der Waals surface area contributed by atoms with Gasteiger partial charge in [0.2, 0.25) is 0 Å². The molecule has 19 heavy (non-hydrogen) atoms. The highest BCUT2D eigenvalue weighted by Crippen LogP contribution is 2.40. The summed E-state index contributed by atoms with van der Waals surface area (Å²) in [6, 6.07) is 9.72. The lowest BCUT2D eigenvalue weighted by molar-refractivity contribution is 1.11. The lowest BCUT2D eigenvalue weighted by Gasteiger charge is -2.16. The highest BCUT2D eigenvalue weighted by molar-refractivity contribution is 9.11. The first-order valence-electron chi connectivity index (χ1n) is 5.44. The molecule has 0 aliphatic heterocycles. The van der Waals surface area contributed by atoms with Crippen molar-refractivity contribution in [3.05, 3.63) is 65.5 Å². The molecule has 0 N–H and O–H groups in total. The molecule has 0 radical (unpaired) electrons. The molecule has 1 atom stereocenters. The van der Waals surface area contributed by atoms with Crippen LogP contribution in [0.3, 0.4) is 0 Å². The van der Waals surface area contributed by atoms with E-state index in [9.17, 15) is 0 Å². The second-order valence-electron chi connectivity index (χ2n) is 4.15. The molecule has 0 nitrogen and oxygen atoms in total. The Bertz CT molecular complexity index is 626. The zero-order valence-corrected chi connectivity index (χ0v) is 16.1. The molecular weight excluding hydrogens is 479 g/mol. The van der Waals surface area contributed by atoms with Crippen molar-refractivity contribution in [2.45, 2.75) is 12.3 Å². The molecule has 0 saturated carbocycles. The topological polar surface area (TPSA) is 0 Å². The van der Waals surface area contributed by atoms with E-state index in [1.165, 1.54) is 0 Å². The largest absolute Gasteiger partial charge is 0.113 e. The van der Waals surface area contributed by atoms with Gasteiger partial charge in [-0.15, -0.1) is 11.6 Å². The van der Waals surface area contributed by atoms with Crippen molar-refractivity contribution < 1.29 is 0 Å². The van der Waals surface area contributed by atoms with Gasteiger partial charge in [0, 0.05) is 18.4 Å². The van der Waals surface area contributed by atoms with E-state index in [4.69, 9.17) is 23.2 Å². The molecule has 5 heteroatoms. The van der Waals surface area contributed by atoms with Crippen molar-refractivity contribution >= 4 is 71.0 Å². The fraction of sp³-hybridized carbons (Fsp3) is 0.143. The van der Waals surface area contributed by atoms with Gasteiger partial charge in [0.25, 0.3) is 0 Å². The van der Waals surface area contributed by atoms with Gasteiger partial charge in [-0.05, 0) is 47.9 Å². The van der Waals surface area contributed by atoms with Crippen molar-refractivity contribution in [1.29, 1.82) is 0 Å². The molecule has 0 aliphatic carbocycles. The lowest BCUT2D eigenvalue weighted by atomic mass is 10.0. The molecule has 0 spiro atoms. The monoisotopic (exact) mass is 484 g/mol. The van der Waals surface area contributed by atoms with E-state index >= 15 is 0 Å².